The zero-order valence-corrected chi connectivity index (χ0v) is 31.0. The Hall–Kier alpha value is -5.62. The number of ether oxygens (including phenoxy) is 4. The third-order valence-corrected chi connectivity index (χ3v) is 9.12. The minimum absolute atomic E-state index is 0.0837. The van der Waals surface area contributed by atoms with Gasteiger partial charge in [0, 0.05) is 101 Å². The van der Waals surface area contributed by atoms with Crippen molar-refractivity contribution in [1.82, 2.24) is 29.7 Å². The number of carbonyl (C=O) groups excluding carboxylic acids is 2. The average molecular weight is 735 g/mol. The molecule has 2 aromatic carbocycles. The van der Waals surface area contributed by atoms with Crippen molar-refractivity contribution < 1.29 is 28.5 Å². The van der Waals surface area contributed by atoms with Crippen LogP contribution in [0.15, 0.2) is 24.3 Å². The van der Waals surface area contributed by atoms with Crippen molar-refractivity contribution in [2.24, 2.45) is 11.5 Å². The van der Waals surface area contributed by atoms with Crippen molar-refractivity contribution in [3.8, 4) is 23.0 Å². The number of anilines is 4. The molecule has 53 heavy (non-hydrogen) atoms. The second-order valence-electron chi connectivity index (χ2n) is 12.7. The molecule has 2 aliphatic heterocycles. The summed E-state index contributed by atoms with van der Waals surface area (Å²) in [4.78, 5) is 50.0. The van der Waals surface area contributed by atoms with Gasteiger partial charge in [-0.2, -0.15) is 9.97 Å². The first-order chi connectivity index (χ1) is 25.5. The number of amides is 2. The maximum absolute atomic E-state index is 12.2. The summed E-state index contributed by atoms with van der Waals surface area (Å²) in [5.74, 6) is 4.35. The SMILES string of the molecule is COc1cc2nc(N3CCN(C(=O)CC(C)N)CC3)nc(N)c2cc1OC.COc1cc2nc(N3CCN(C(=O)CCN)CC3)nc(N)c2cc1OC. The Kier molecular flexibility index (Phi) is 12.6. The van der Waals surface area contributed by atoms with Gasteiger partial charge in [-0.15, -0.1) is 0 Å². The summed E-state index contributed by atoms with van der Waals surface area (Å²) in [5.41, 5.74) is 24.8. The number of hydrogen-bond donors (Lipinski definition) is 4. The minimum Gasteiger partial charge on any atom is -0.493 e. The van der Waals surface area contributed by atoms with E-state index in [1.807, 2.05) is 26.5 Å². The van der Waals surface area contributed by atoms with Crippen LogP contribution in [0.1, 0.15) is 19.8 Å². The quantitative estimate of drug-likeness (QED) is 0.177. The van der Waals surface area contributed by atoms with Crippen molar-refractivity contribution in [2.75, 3.05) is 109 Å². The largest absolute Gasteiger partial charge is 0.493 e. The minimum atomic E-state index is -0.133. The van der Waals surface area contributed by atoms with Crippen LogP contribution >= 0.6 is 0 Å². The number of nitrogen functional groups attached to an aromatic ring is 2. The molecule has 0 aliphatic carbocycles. The van der Waals surface area contributed by atoms with Gasteiger partial charge in [-0.1, -0.05) is 0 Å². The van der Waals surface area contributed by atoms with Gasteiger partial charge >= 0.3 is 0 Å². The molecule has 4 aromatic rings. The first-order valence-electron chi connectivity index (χ1n) is 17.4. The lowest BCUT2D eigenvalue weighted by Crippen LogP contribution is -2.50. The second kappa shape index (κ2) is 17.3. The van der Waals surface area contributed by atoms with Crippen LogP contribution in [0.3, 0.4) is 0 Å². The molecule has 0 spiro atoms. The predicted octanol–water partition coefficient (Wildman–Crippen LogP) is 0.842. The highest BCUT2D eigenvalue weighted by Crippen LogP contribution is 2.35. The van der Waals surface area contributed by atoms with Crippen LogP contribution in [0.4, 0.5) is 23.5 Å². The highest BCUT2D eigenvalue weighted by atomic mass is 16.5. The summed E-state index contributed by atoms with van der Waals surface area (Å²) in [6.07, 6.45) is 0.738. The second-order valence-corrected chi connectivity index (χ2v) is 12.7. The van der Waals surface area contributed by atoms with E-state index in [-0.39, 0.29) is 17.9 Å². The smallest absolute Gasteiger partial charge is 0.228 e. The van der Waals surface area contributed by atoms with E-state index in [9.17, 15) is 9.59 Å². The van der Waals surface area contributed by atoms with E-state index in [0.717, 1.165) is 0 Å². The molecule has 1 atom stereocenters. The fourth-order valence-electron chi connectivity index (χ4n) is 6.21. The van der Waals surface area contributed by atoms with E-state index in [0.29, 0.717) is 140 Å². The lowest BCUT2D eigenvalue weighted by atomic mass is 10.2. The number of carbonyl (C=O) groups is 2. The number of rotatable bonds is 10. The van der Waals surface area contributed by atoms with Crippen molar-refractivity contribution in [1.29, 1.82) is 0 Å². The van der Waals surface area contributed by atoms with Crippen molar-refractivity contribution in [2.45, 2.75) is 25.8 Å². The number of piperazine rings is 2. The van der Waals surface area contributed by atoms with Crippen LogP contribution in [-0.4, -0.2) is 135 Å². The third kappa shape index (κ3) is 8.89. The number of nitrogens with zero attached hydrogens (tertiary/aromatic N) is 8. The molecule has 2 saturated heterocycles. The third-order valence-electron chi connectivity index (χ3n) is 9.12. The first kappa shape index (κ1) is 38.6. The molecule has 0 radical (unpaired) electrons. The molecule has 8 N–H and O–H groups in total. The maximum Gasteiger partial charge on any atom is 0.228 e. The summed E-state index contributed by atoms with van der Waals surface area (Å²) in [6, 6.07) is 7.00. The summed E-state index contributed by atoms with van der Waals surface area (Å²) in [7, 11) is 6.29. The number of aromatic nitrogens is 4. The molecule has 286 valence electrons. The van der Waals surface area contributed by atoms with Crippen molar-refractivity contribution in [3.63, 3.8) is 0 Å². The van der Waals surface area contributed by atoms with Crippen molar-refractivity contribution in [3.05, 3.63) is 24.3 Å². The molecule has 2 aliphatic rings. The van der Waals surface area contributed by atoms with Gasteiger partial charge in [0.2, 0.25) is 23.7 Å². The van der Waals surface area contributed by atoms with Crippen LogP contribution in [0, 0.1) is 0 Å². The number of fused-ring (bicyclic) bond motifs is 2. The van der Waals surface area contributed by atoms with Crippen LogP contribution in [0.25, 0.3) is 21.8 Å². The standard InChI is InChI=1S/C18H26N6O3.C17H24N6O3/c1-11(19)8-16(25)23-4-6-24(7-5-23)18-21-13-10-15(27-3)14(26-2)9-12(13)17(20)22-18;1-25-13-9-11-12(10-14(13)26-2)20-17(21-16(11)19)23-7-5-22(6-8-23)15(24)3-4-18/h9-11H,4-8,19H2,1-3H3,(H2,20,21,22);9-10H,3-8,18H2,1-2H3,(H2,19,20,21). The topological polar surface area (TPSA) is 240 Å². The van der Waals surface area contributed by atoms with Gasteiger partial charge in [0.25, 0.3) is 0 Å². The van der Waals surface area contributed by atoms with Gasteiger partial charge in [-0.25, -0.2) is 9.97 Å². The van der Waals surface area contributed by atoms with Gasteiger partial charge in [0.15, 0.2) is 23.0 Å². The molecular formula is C35H50N12O6. The van der Waals surface area contributed by atoms with Crippen LogP contribution in [-0.2, 0) is 9.59 Å². The molecule has 2 fully saturated rings. The molecule has 18 heteroatoms. The Morgan fingerprint density at radius 1 is 0.642 bits per heavy atom. The van der Waals surface area contributed by atoms with E-state index < -0.39 is 0 Å². The molecule has 18 nitrogen and oxygen atoms in total. The molecule has 2 aromatic heterocycles. The number of methoxy groups -OCH3 is 4. The summed E-state index contributed by atoms with van der Waals surface area (Å²) in [6.45, 7) is 7.24. The monoisotopic (exact) mass is 734 g/mol. The fraction of sp³-hybridized carbons (Fsp3) is 0.486. The molecule has 2 amide bonds. The molecule has 6 rings (SSSR count). The average Bonchev–Trinajstić information content (AvgIpc) is 3.17. The molecule has 4 heterocycles. The molecule has 0 saturated carbocycles. The molecule has 0 bridgehead atoms. The van der Waals surface area contributed by atoms with Gasteiger partial charge < -0.3 is 61.5 Å². The summed E-state index contributed by atoms with van der Waals surface area (Å²) in [5, 5.41) is 1.42. The van der Waals surface area contributed by atoms with Crippen LogP contribution in [0.5, 0.6) is 23.0 Å². The maximum atomic E-state index is 12.2. The first-order valence-corrected chi connectivity index (χ1v) is 17.4. The molecular weight excluding hydrogens is 684 g/mol. The Morgan fingerprint density at radius 2 is 1.02 bits per heavy atom. The van der Waals surface area contributed by atoms with E-state index >= 15 is 0 Å². The van der Waals surface area contributed by atoms with Crippen molar-refractivity contribution >= 4 is 57.2 Å². The van der Waals surface area contributed by atoms with Crippen LogP contribution in [0.2, 0.25) is 0 Å². The Bertz CT molecular complexity index is 1910. The Morgan fingerprint density at radius 3 is 1.38 bits per heavy atom. The van der Waals surface area contributed by atoms with E-state index in [4.69, 9.17) is 41.9 Å². The van der Waals surface area contributed by atoms with E-state index in [1.165, 1.54) is 0 Å². The summed E-state index contributed by atoms with van der Waals surface area (Å²) < 4.78 is 21.3. The highest BCUT2D eigenvalue weighted by molar-refractivity contribution is 5.92. The summed E-state index contributed by atoms with van der Waals surface area (Å²) >= 11 is 0. The zero-order valence-electron chi connectivity index (χ0n) is 31.0. The van der Waals surface area contributed by atoms with Gasteiger partial charge in [-0.05, 0) is 19.1 Å². The van der Waals surface area contributed by atoms with E-state index in [1.54, 1.807) is 52.7 Å². The fourth-order valence-corrected chi connectivity index (χ4v) is 6.21. The van der Waals surface area contributed by atoms with E-state index in [2.05, 4.69) is 19.9 Å². The number of hydrogen-bond acceptors (Lipinski definition) is 16. The zero-order chi connectivity index (χ0) is 38.2. The Labute approximate surface area is 308 Å². The van der Waals surface area contributed by atoms with Gasteiger partial charge in [0.1, 0.15) is 11.6 Å². The predicted molar refractivity (Wildman–Crippen MR) is 204 cm³/mol. The van der Waals surface area contributed by atoms with Crippen LogP contribution < -0.4 is 51.7 Å². The number of benzene rings is 2. The Balaban J connectivity index is 0.000000204. The lowest BCUT2D eigenvalue weighted by molar-refractivity contribution is -0.132. The number of nitrogens with two attached hydrogens (primary N) is 4. The highest BCUT2D eigenvalue weighted by Gasteiger charge is 2.25. The molecule has 1 unspecified atom stereocenters. The lowest BCUT2D eigenvalue weighted by Gasteiger charge is -2.35. The van der Waals surface area contributed by atoms with Gasteiger partial charge in [-0.3, -0.25) is 9.59 Å². The normalized spacial score (nSPS) is 15.2. The van der Waals surface area contributed by atoms with Gasteiger partial charge in [0.05, 0.1) is 39.5 Å².